The molecule has 0 fully saturated rings. The fraction of sp³-hybridized carbons (Fsp3) is 0.250. The van der Waals surface area contributed by atoms with Crippen molar-refractivity contribution < 1.29 is 4.79 Å². The minimum atomic E-state index is -0.185. The molecule has 6 heteroatoms. The van der Waals surface area contributed by atoms with Crippen LogP contribution in [0.3, 0.4) is 0 Å². The lowest BCUT2D eigenvalue weighted by Gasteiger charge is -2.02. The zero-order valence-corrected chi connectivity index (χ0v) is 11.8. The normalized spacial score (nSPS) is 9.61. The summed E-state index contributed by atoms with van der Waals surface area (Å²) in [5, 5.41) is 2.81. The maximum absolute atomic E-state index is 11.4. The third-order valence-electron chi connectivity index (χ3n) is 2.07. The van der Waals surface area contributed by atoms with Gasteiger partial charge in [0.15, 0.2) is 10.3 Å². The third-order valence-corrected chi connectivity index (χ3v) is 2.70. The number of nitrogens with zero attached hydrogens (tertiary/aromatic N) is 2. The number of hydrogen-bond donors (Lipinski definition) is 1. The summed E-state index contributed by atoms with van der Waals surface area (Å²) < 4.78 is 0. The fourth-order valence-electron chi connectivity index (χ4n) is 1.30. The van der Waals surface area contributed by atoms with Gasteiger partial charge in [0.1, 0.15) is 0 Å². The zero-order chi connectivity index (χ0) is 13.7. The van der Waals surface area contributed by atoms with Crippen molar-refractivity contribution in [3.63, 3.8) is 0 Å². The molecule has 18 heavy (non-hydrogen) atoms. The molecule has 1 aromatic heterocycles. The highest BCUT2D eigenvalue weighted by Gasteiger charge is 2.08. The second kappa shape index (κ2) is 6.52. The van der Waals surface area contributed by atoms with Gasteiger partial charge in [0, 0.05) is 12.6 Å². The first-order valence-corrected chi connectivity index (χ1v) is 6.22. The van der Waals surface area contributed by atoms with Gasteiger partial charge < -0.3 is 5.32 Å². The van der Waals surface area contributed by atoms with Gasteiger partial charge in [0.05, 0.1) is 11.0 Å². The summed E-state index contributed by atoms with van der Waals surface area (Å²) in [6.07, 6.45) is 0. The Labute approximate surface area is 115 Å². The van der Waals surface area contributed by atoms with Crippen LogP contribution in [0.4, 0.5) is 0 Å². The van der Waals surface area contributed by atoms with Crippen molar-refractivity contribution in [3.05, 3.63) is 34.1 Å². The first-order valence-electron chi connectivity index (χ1n) is 5.46. The van der Waals surface area contributed by atoms with Crippen LogP contribution < -0.4 is 5.32 Å². The van der Waals surface area contributed by atoms with Crippen LogP contribution in [0, 0.1) is 0 Å². The molecule has 0 saturated heterocycles. The lowest BCUT2D eigenvalue weighted by molar-refractivity contribution is 0.0963. The number of carbonyl (C=O) groups is 1. The number of benzene rings is 1. The average Bonchev–Trinajstić information content (AvgIpc) is 2.41. The van der Waals surface area contributed by atoms with E-state index in [1.54, 1.807) is 25.2 Å². The quantitative estimate of drug-likeness (QED) is 0.874. The van der Waals surface area contributed by atoms with Crippen LogP contribution >= 0.6 is 23.2 Å². The molecule has 0 radical (unpaired) electrons. The molecule has 1 aromatic carbocycles. The number of fused-ring (bicyclic) bond motifs is 1. The predicted octanol–water partition coefficient (Wildman–Crippen LogP) is 3.32. The molecule has 4 nitrogen and oxygen atoms in total. The van der Waals surface area contributed by atoms with Gasteiger partial charge in [-0.2, -0.15) is 0 Å². The summed E-state index contributed by atoms with van der Waals surface area (Å²) in [4.78, 5) is 19.5. The maximum atomic E-state index is 11.4. The monoisotopic (exact) mass is 285 g/mol. The van der Waals surface area contributed by atoms with Crippen LogP contribution in [0.5, 0.6) is 0 Å². The molecule has 0 aliphatic heterocycles. The van der Waals surface area contributed by atoms with Gasteiger partial charge in [-0.1, -0.05) is 37.0 Å². The fourth-order valence-corrected chi connectivity index (χ4v) is 1.56. The number of carbonyl (C=O) groups excluding carboxylic acids is 1. The number of nitrogens with one attached hydrogen (secondary N) is 1. The summed E-state index contributed by atoms with van der Waals surface area (Å²) in [7, 11) is 1.56. The molecule has 1 heterocycles. The minimum Gasteiger partial charge on any atom is -0.355 e. The van der Waals surface area contributed by atoms with E-state index in [1.807, 2.05) is 13.8 Å². The van der Waals surface area contributed by atoms with Gasteiger partial charge in [-0.05, 0) is 18.2 Å². The zero-order valence-electron chi connectivity index (χ0n) is 10.3. The Bertz CT molecular complexity index is 572. The molecule has 2 aromatic rings. The summed E-state index contributed by atoms with van der Waals surface area (Å²) in [6.45, 7) is 4.00. The van der Waals surface area contributed by atoms with E-state index in [2.05, 4.69) is 15.3 Å². The van der Waals surface area contributed by atoms with E-state index in [0.29, 0.717) is 16.6 Å². The SMILES string of the molecule is CC.CNC(=O)c1ccc2nc(Cl)c(Cl)nc2c1. The van der Waals surface area contributed by atoms with Crippen molar-refractivity contribution in [1.29, 1.82) is 0 Å². The van der Waals surface area contributed by atoms with E-state index in [9.17, 15) is 4.79 Å². The van der Waals surface area contributed by atoms with Crippen molar-refractivity contribution in [2.45, 2.75) is 13.8 Å². The number of aromatic nitrogens is 2. The maximum Gasteiger partial charge on any atom is 0.251 e. The van der Waals surface area contributed by atoms with E-state index >= 15 is 0 Å². The molecule has 0 aliphatic carbocycles. The molecule has 0 atom stereocenters. The lowest BCUT2D eigenvalue weighted by atomic mass is 10.2. The first kappa shape index (κ1) is 14.7. The highest BCUT2D eigenvalue weighted by atomic mass is 35.5. The molecule has 1 N–H and O–H groups in total. The standard InChI is InChI=1S/C10H7Cl2N3O.C2H6/c1-13-10(16)5-2-3-6-7(4-5)15-9(12)8(11)14-6;1-2/h2-4H,1H3,(H,13,16);1-2H3. The Morgan fingerprint density at radius 3 is 2.22 bits per heavy atom. The minimum absolute atomic E-state index is 0.128. The molecule has 0 bridgehead atoms. The van der Waals surface area contributed by atoms with E-state index in [4.69, 9.17) is 23.2 Å². The Morgan fingerprint density at radius 2 is 1.67 bits per heavy atom. The molecule has 2 rings (SSSR count). The predicted molar refractivity (Wildman–Crippen MR) is 74.3 cm³/mol. The first-order chi connectivity index (χ1) is 8.61. The van der Waals surface area contributed by atoms with Gasteiger partial charge >= 0.3 is 0 Å². The smallest absolute Gasteiger partial charge is 0.251 e. The molecule has 0 spiro atoms. The van der Waals surface area contributed by atoms with Gasteiger partial charge in [-0.25, -0.2) is 9.97 Å². The van der Waals surface area contributed by atoms with Crippen LogP contribution in [-0.2, 0) is 0 Å². The van der Waals surface area contributed by atoms with Crippen LogP contribution in [-0.4, -0.2) is 22.9 Å². The summed E-state index contributed by atoms with van der Waals surface area (Å²) in [5.41, 5.74) is 1.64. The molecule has 0 saturated carbocycles. The third kappa shape index (κ3) is 3.09. The number of halogens is 2. The highest BCUT2D eigenvalue weighted by molar-refractivity contribution is 6.40. The Hall–Kier alpha value is -1.39. The molecule has 96 valence electrons. The number of rotatable bonds is 1. The average molecular weight is 286 g/mol. The van der Waals surface area contributed by atoms with Gasteiger partial charge in [-0.3, -0.25) is 4.79 Å². The largest absolute Gasteiger partial charge is 0.355 e. The Balaban J connectivity index is 0.000000771. The van der Waals surface area contributed by atoms with E-state index in [-0.39, 0.29) is 16.2 Å². The number of amides is 1. The van der Waals surface area contributed by atoms with Crippen molar-refractivity contribution in [2.24, 2.45) is 0 Å². The number of hydrogen-bond acceptors (Lipinski definition) is 3. The van der Waals surface area contributed by atoms with Gasteiger partial charge in [0.25, 0.3) is 5.91 Å². The van der Waals surface area contributed by atoms with Gasteiger partial charge in [0.2, 0.25) is 0 Å². The Kier molecular flexibility index (Phi) is 5.31. The molecule has 1 amide bonds. The summed E-state index contributed by atoms with van der Waals surface area (Å²) in [6, 6.07) is 4.94. The topological polar surface area (TPSA) is 54.9 Å². The second-order valence-corrected chi connectivity index (χ2v) is 3.80. The van der Waals surface area contributed by atoms with E-state index in [1.165, 1.54) is 0 Å². The lowest BCUT2D eigenvalue weighted by Crippen LogP contribution is -2.17. The Morgan fingerprint density at radius 1 is 1.11 bits per heavy atom. The van der Waals surface area contributed by atoms with Crippen LogP contribution in [0.25, 0.3) is 11.0 Å². The summed E-state index contributed by atoms with van der Waals surface area (Å²) in [5.74, 6) is -0.185. The highest BCUT2D eigenvalue weighted by Crippen LogP contribution is 2.21. The molecular weight excluding hydrogens is 273 g/mol. The molecule has 0 aliphatic rings. The van der Waals surface area contributed by atoms with Crippen LogP contribution in [0.15, 0.2) is 18.2 Å². The van der Waals surface area contributed by atoms with Crippen molar-refractivity contribution in [1.82, 2.24) is 15.3 Å². The van der Waals surface area contributed by atoms with Crippen LogP contribution in [0.2, 0.25) is 10.3 Å². The van der Waals surface area contributed by atoms with Crippen molar-refractivity contribution in [2.75, 3.05) is 7.05 Å². The molecular formula is C12H13Cl2N3O. The van der Waals surface area contributed by atoms with E-state index in [0.717, 1.165) is 0 Å². The van der Waals surface area contributed by atoms with E-state index < -0.39 is 0 Å². The van der Waals surface area contributed by atoms with Crippen molar-refractivity contribution >= 4 is 40.1 Å². The summed E-state index contributed by atoms with van der Waals surface area (Å²) >= 11 is 11.5. The second-order valence-electron chi connectivity index (χ2n) is 3.09. The van der Waals surface area contributed by atoms with Crippen LogP contribution in [0.1, 0.15) is 24.2 Å². The van der Waals surface area contributed by atoms with Crippen molar-refractivity contribution in [3.8, 4) is 0 Å². The van der Waals surface area contributed by atoms with Gasteiger partial charge in [-0.15, -0.1) is 0 Å². The molecule has 0 unspecified atom stereocenters.